The summed E-state index contributed by atoms with van der Waals surface area (Å²) in [5, 5.41) is 8.92. The first-order valence-corrected chi connectivity index (χ1v) is 6.65. The van der Waals surface area contributed by atoms with E-state index in [0.29, 0.717) is 11.1 Å². The molecule has 0 amide bonds. The number of nitrogens with two attached hydrogens (primary N) is 2. The first-order valence-electron chi connectivity index (χ1n) is 6.65. The molecule has 0 heterocycles. The van der Waals surface area contributed by atoms with E-state index in [1.807, 2.05) is 36.4 Å². The van der Waals surface area contributed by atoms with Crippen molar-refractivity contribution in [3.8, 4) is 17.2 Å². The molecule has 0 spiro atoms. The molecule has 0 aromatic heterocycles. The third kappa shape index (κ3) is 2.97. The number of ketones is 1. The lowest BCUT2D eigenvalue weighted by Gasteiger charge is -2.09. The van der Waals surface area contributed by atoms with Gasteiger partial charge < -0.3 is 11.2 Å². The van der Waals surface area contributed by atoms with Crippen LogP contribution in [-0.4, -0.2) is 5.78 Å². The zero-order chi connectivity index (χ0) is 16.1. The molecule has 5 heteroatoms. The third-order valence-electron chi connectivity index (χ3n) is 3.34. The first kappa shape index (κ1) is 15.3. The van der Waals surface area contributed by atoms with Crippen LogP contribution in [0.15, 0.2) is 54.2 Å². The number of rotatable bonds is 4. The fourth-order valence-corrected chi connectivity index (χ4v) is 2.19. The topological polar surface area (TPSA) is 105 Å². The number of carbonyl (C=O) groups is 1. The fourth-order valence-electron chi connectivity index (χ4n) is 2.19. The summed E-state index contributed by atoms with van der Waals surface area (Å²) in [6, 6.07) is 16.6. The predicted molar refractivity (Wildman–Crippen MR) is 85.9 cm³/mol. The van der Waals surface area contributed by atoms with Crippen LogP contribution in [0.1, 0.15) is 22.8 Å². The van der Waals surface area contributed by atoms with Gasteiger partial charge in [0.25, 0.3) is 0 Å². The zero-order valence-corrected chi connectivity index (χ0v) is 12.1. The normalized spacial score (nSPS) is 11.3. The molecule has 0 unspecified atom stereocenters. The van der Waals surface area contributed by atoms with Crippen LogP contribution >= 0.6 is 0 Å². The van der Waals surface area contributed by atoms with Crippen LogP contribution in [0.3, 0.4) is 0 Å². The Kier molecular flexibility index (Phi) is 4.57. The van der Waals surface area contributed by atoms with Crippen molar-refractivity contribution in [2.24, 2.45) is 11.6 Å². The highest BCUT2D eigenvalue weighted by Crippen LogP contribution is 2.25. The Morgan fingerprint density at radius 2 is 1.77 bits per heavy atom. The van der Waals surface area contributed by atoms with Gasteiger partial charge in [-0.25, -0.2) is 5.84 Å². The van der Waals surface area contributed by atoms with Gasteiger partial charge in [-0.15, -0.1) is 0 Å². The maximum Gasteiger partial charge on any atom is 0.160 e. The molecular weight excluding hydrogens is 276 g/mol. The van der Waals surface area contributed by atoms with E-state index >= 15 is 0 Å². The van der Waals surface area contributed by atoms with Crippen molar-refractivity contribution in [2.75, 3.05) is 0 Å². The van der Waals surface area contributed by atoms with E-state index in [2.05, 4.69) is 5.43 Å². The number of carbonyl (C=O) groups excluding carboxylic acids is 1. The molecule has 2 aromatic rings. The van der Waals surface area contributed by atoms with E-state index in [-0.39, 0.29) is 17.2 Å². The Bertz CT molecular complexity index is 770. The summed E-state index contributed by atoms with van der Waals surface area (Å²) >= 11 is 0. The molecule has 0 fully saturated rings. The van der Waals surface area contributed by atoms with E-state index < -0.39 is 0 Å². The Morgan fingerprint density at radius 3 is 2.32 bits per heavy atom. The van der Waals surface area contributed by atoms with Gasteiger partial charge in [0.05, 0.1) is 5.70 Å². The first-order chi connectivity index (χ1) is 10.6. The number of Topliss-reactive ketones (excluding diaryl/α,β-unsaturated/α-hetero) is 1. The Morgan fingerprint density at radius 1 is 1.14 bits per heavy atom. The van der Waals surface area contributed by atoms with E-state index in [4.69, 9.17) is 16.8 Å². The summed E-state index contributed by atoms with van der Waals surface area (Å²) in [6.45, 7) is 1.54. The molecule has 0 aliphatic rings. The second kappa shape index (κ2) is 6.57. The van der Waals surface area contributed by atoms with Crippen molar-refractivity contribution in [1.29, 1.82) is 5.26 Å². The highest BCUT2D eigenvalue weighted by atomic mass is 16.1. The number of hydrazine groups is 1. The quantitative estimate of drug-likeness (QED) is 0.346. The molecule has 0 saturated heterocycles. The second-order valence-electron chi connectivity index (χ2n) is 4.72. The Labute approximate surface area is 128 Å². The number of hydrogen-bond acceptors (Lipinski definition) is 5. The smallest absolute Gasteiger partial charge is 0.160 e. The number of hydrogen-bond donors (Lipinski definition) is 3. The number of nitrogens with one attached hydrogen (secondary N) is 1. The molecule has 5 nitrogen and oxygen atoms in total. The summed E-state index contributed by atoms with van der Waals surface area (Å²) in [5.41, 5.74) is 11.7. The van der Waals surface area contributed by atoms with E-state index in [1.54, 1.807) is 25.1 Å². The van der Waals surface area contributed by atoms with Gasteiger partial charge in [0.1, 0.15) is 6.07 Å². The molecule has 5 N–H and O–H groups in total. The van der Waals surface area contributed by atoms with Crippen molar-refractivity contribution < 1.29 is 4.79 Å². The molecule has 0 aliphatic heterocycles. The monoisotopic (exact) mass is 292 g/mol. The van der Waals surface area contributed by atoms with Crippen molar-refractivity contribution in [3.05, 3.63) is 65.4 Å². The van der Waals surface area contributed by atoms with Crippen LogP contribution in [0.25, 0.3) is 16.8 Å². The van der Waals surface area contributed by atoms with Gasteiger partial charge in [-0.3, -0.25) is 4.79 Å². The Hall–Kier alpha value is -3.10. The summed E-state index contributed by atoms with van der Waals surface area (Å²) in [5.74, 6) is 5.26. The number of nitrogens with zero attached hydrogens (tertiary/aromatic N) is 1. The van der Waals surface area contributed by atoms with Crippen LogP contribution in [0.2, 0.25) is 0 Å². The molecule has 0 aliphatic carbocycles. The fraction of sp³-hybridized carbons (Fsp3) is 0.0588. The van der Waals surface area contributed by atoms with Crippen LogP contribution in [0.5, 0.6) is 0 Å². The molecule has 0 saturated carbocycles. The second-order valence-corrected chi connectivity index (χ2v) is 4.72. The molecular formula is C17H16N4O. The summed E-state index contributed by atoms with van der Waals surface area (Å²) in [7, 11) is 0. The lowest BCUT2D eigenvalue weighted by Crippen LogP contribution is -2.23. The maximum atomic E-state index is 11.7. The van der Waals surface area contributed by atoms with Gasteiger partial charge in [0.15, 0.2) is 11.5 Å². The van der Waals surface area contributed by atoms with Crippen molar-refractivity contribution in [2.45, 2.75) is 6.92 Å². The summed E-state index contributed by atoms with van der Waals surface area (Å²) in [6.07, 6.45) is 0. The van der Waals surface area contributed by atoms with Gasteiger partial charge >= 0.3 is 0 Å². The van der Waals surface area contributed by atoms with E-state index in [9.17, 15) is 4.79 Å². The predicted octanol–water partition coefficient (Wildman–Crippen LogP) is 2.17. The molecule has 2 aromatic carbocycles. The van der Waals surface area contributed by atoms with Crippen molar-refractivity contribution in [1.82, 2.24) is 5.43 Å². The van der Waals surface area contributed by atoms with Gasteiger partial charge in [-0.05, 0) is 18.1 Å². The SMILES string of the molecule is CC(=O)c1ccccc1-c1ccc(/C(N)=C(\C#N)NN)cc1. The molecule has 0 bridgehead atoms. The average molecular weight is 292 g/mol. The Balaban J connectivity index is 2.45. The van der Waals surface area contributed by atoms with Crippen LogP contribution in [-0.2, 0) is 0 Å². The molecule has 22 heavy (non-hydrogen) atoms. The van der Waals surface area contributed by atoms with E-state index in [0.717, 1.165) is 11.1 Å². The number of allylic oxidation sites excluding steroid dienone is 1. The highest BCUT2D eigenvalue weighted by molar-refractivity contribution is 6.00. The molecule has 110 valence electrons. The van der Waals surface area contributed by atoms with Crippen molar-refractivity contribution in [3.63, 3.8) is 0 Å². The average Bonchev–Trinajstić information content (AvgIpc) is 2.56. The van der Waals surface area contributed by atoms with Crippen molar-refractivity contribution >= 4 is 11.5 Å². The van der Waals surface area contributed by atoms with Gasteiger partial charge in [0, 0.05) is 11.1 Å². The minimum absolute atomic E-state index is 0.0122. The van der Waals surface area contributed by atoms with Gasteiger partial charge in [0.2, 0.25) is 0 Å². The molecule has 0 atom stereocenters. The van der Waals surface area contributed by atoms with Gasteiger partial charge in [-0.2, -0.15) is 5.26 Å². The summed E-state index contributed by atoms with van der Waals surface area (Å²) in [4.78, 5) is 11.7. The standard InChI is InChI=1S/C17H16N4O/c1-11(22)14-4-2-3-5-15(14)12-6-8-13(9-7-12)17(19)16(10-18)21-20/h2-9,21H,19-20H2,1H3/b17-16-. The maximum absolute atomic E-state index is 11.7. The number of nitriles is 1. The number of benzene rings is 2. The highest BCUT2D eigenvalue weighted by Gasteiger charge is 2.09. The zero-order valence-electron chi connectivity index (χ0n) is 12.1. The van der Waals surface area contributed by atoms with Crippen LogP contribution in [0, 0.1) is 11.3 Å². The minimum Gasteiger partial charge on any atom is -0.396 e. The third-order valence-corrected chi connectivity index (χ3v) is 3.34. The lowest BCUT2D eigenvalue weighted by molar-refractivity contribution is 0.101. The summed E-state index contributed by atoms with van der Waals surface area (Å²) < 4.78 is 0. The van der Waals surface area contributed by atoms with E-state index in [1.165, 1.54) is 0 Å². The largest absolute Gasteiger partial charge is 0.396 e. The lowest BCUT2D eigenvalue weighted by atomic mass is 9.96. The molecule has 2 rings (SSSR count). The van der Waals surface area contributed by atoms with Crippen LogP contribution in [0.4, 0.5) is 0 Å². The minimum atomic E-state index is 0.0122. The molecule has 0 radical (unpaired) electrons. The van der Waals surface area contributed by atoms with Gasteiger partial charge in [-0.1, -0.05) is 48.5 Å². The van der Waals surface area contributed by atoms with Crippen LogP contribution < -0.4 is 17.0 Å².